The summed E-state index contributed by atoms with van der Waals surface area (Å²) in [6, 6.07) is 22.9. The summed E-state index contributed by atoms with van der Waals surface area (Å²) in [5, 5.41) is 3.48. The number of amides is 1. The lowest BCUT2D eigenvalue weighted by atomic mass is 10.1. The molecule has 1 aliphatic heterocycles. The fourth-order valence-electron chi connectivity index (χ4n) is 3.14. The van der Waals surface area contributed by atoms with Crippen molar-refractivity contribution >= 4 is 46.4 Å². The number of nitrogens with zero attached hydrogens (tertiary/aromatic N) is 1. The van der Waals surface area contributed by atoms with Crippen LogP contribution < -0.4 is 5.32 Å². The predicted octanol–water partition coefficient (Wildman–Crippen LogP) is 6.65. The van der Waals surface area contributed by atoms with E-state index in [9.17, 15) is 4.79 Å². The highest BCUT2D eigenvalue weighted by Crippen LogP contribution is 2.31. The van der Waals surface area contributed by atoms with Crippen molar-refractivity contribution in [3.05, 3.63) is 93.9 Å². The van der Waals surface area contributed by atoms with Crippen molar-refractivity contribution in [3.63, 3.8) is 0 Å². The number of hydrogen-bond acceptors (Lipinski definition) is 4. The second-order valence-corrected chi connectivity index (χ2v) is 9.49. The SMILES string of the molecule is Cc1ccc(Sc2ccc(/C=C3\SC(=Nc4cc(C)cc(C)c4)NC3=O)cc2)cc1. The van der Waals surface area contributed by atoms with Gasteiger partial charge in [0.2, 0.25) is 0 Å². The minimum Gasteiger partial charge on any atom is -0.300 e. The maximum atomic E-state index is 12.4. The van der Waals surface area contributed by atoms with Crippen molar-refractivity contribution in [2.75, 3.05) is 0 Å². The number of aryl methyl sites for hydroxylation is 3. The molecular formula is C25H22N2OS2. The normalized spacial score (nSPS) is 16.3. The number of rotatable bonds is 4. The van der Waals surface area contributed by atoms with Crippen LogP contribution in [0.5, 0.6) is 0 Å². The molecule has 0 aliphatic carbocycles. The van der Waals surface area contributed by atoms with Gasteiger partial charge in [-0.15, -0.1) is 0 Å². The van der Waals surface area contributed by atoms with Gasteiger partial charge in [0.25, 0.3) is 5.91 Å². The number of hydrogen-bond donors (Lipinski definition) is 1. The highest BCUT2D eigenvalue weighted by Gasteiger charge is 2.23. The second-order valence-electron chi connectivity index (χ2n) is 7.31. The van der Waals surface area contributed by atoms with Gasteiger partial charge in [0.15, 0.2) is 5.17 Å². The van der Waals surface area contributed by atoms with Crippen molar-refractivity contribution in [1.82, 2.24) is 5.32 Å². The Morgan fingerprint density at radius 1 is 0.833 bits per heavy atom. The van der Waals surface area contributed by atoms with Crippen LogP contribution in [0.15, 0.2) is 86.4 Å². The Morgan fingerprint density at radius 2 is 1.43 bits per heavy atom. The van der Waals surface area contributed by atoms with E-state index in [0.717, 1.165) is 22.4 Å². The first-order valence-electron chi connectivity index (χ1n) is 9.67. The van der Waals surface area contributed by atoms with Gasteiger partial charge in [-0.3, -0.25) is 4.79 Å². The van der Waals surface area contributed by atoms with Crippen LogP contribution in [0.4, 0.5) is 5.69 Å². The molecule has 0 atom stereocenters. The molecule has 0 spiro atoms. The summed E-state index contributed by atoms with van der Waals surface area (Å²) in [7, 11) is 0. The van der Waals surface area contributed by atoms with Crippen LogP contribution in [0, 0.1) is 20.8 Å². The molecule has 3 aromatic carbocycles. The Hall–Kier alpha value is -2.76. The van der Waals surface area contributed by atoms with Crippen LogP contribution in [0.25, 0.3) is 6.08 Å². The molecule has 0 radical (unpaired) electrons. The van der Waals surface area contributed by atoms with Crippen LogP contribution in [-0.2, 0) is 4.79 Å². The molecule has 30 heavy (non-hydrogen) atoms. The Kier molecular flexibility index (Phi) is 6.11. The van der Waals surface area contributed by atoms with Crippen LogP contribution in [0.2, 0.25) is 0 Å². The summed E-state index contributed by atoms with van der Waals surface area (Å²) in [4.78, 5) is 20.0. The average Bonchev–Trinajstić information content (AvgIpc) is 3.03. The molecule has 1 heterocycles. The van der Waals surface area contributed by atoms with Gasteiger partial charge in [-0.25, -0.2) is 4.99 Å². The number of nitrogens with one attached hydrogen (secondary N) is 1. The van der Waals surface area contributed by atoms with E-state index in [1.807, 2.05) is 44.2 Å². The highest BCUT2D eigenvalue weighted by molar-refractivity contribution is 8.18. The summed E-state index contributed by atoms with van der Waals surface area (Å²) >= 11 is 3.10. The van der Waals surface area contributed by atoms with Gasteiger partial charge in [0.1, 0.15) is 0 Å². The third-order valence-corrected chi connectivity index (χ3v) is 6.45. The predicted molar refractivity (Wildman–Crippen MR) is 128 cm³/mol. The van der Waals surface area contributed by atoms with Crippen molar-refractivity contribution in [1.29, 1.82) is 0 Å². The fraction of sp³-hybridized carbons (Fsp3) is 0.120. The van der Waals surface area contributed by atoms with Gasteiger partial charge in [-0.2, -0.15) is 0 Å². The number of amidine groups is 1. The largest absolute Gasteiger partial charge is 0.300 e. The Balaban J connectivity index is 1.47. The summed E-state index contributed by atoms with van der Waals surface area (Å²) in [6.07, 6.45) is 1.91. The zero-order valence-corrected chi connectivity index (χ0v) is 18.7. The molecule has 4 rings (SSSR count). The van der Waals surface area contributed by atoms with Crippen LogP contribution in [-0.4, -0.2) is 11.1 Å². The number of carbonyl (C=O) groups excluding carboxylic acids is 1. The Morgan fingerprint density at radius 3 is 2.07 bits per heavy atom. The molecule has 1 aliphatic rings. The van der Waals surface area contributed by atoms with E-state index in [2.05, 4.69) is 59.7 Å². The molecule has 0 bridgehead atoms. The topological polar surface area (TPSA) is 41.5 Å². The van der Waals surface area contributed by atoms with Crippen LogP contribution in [0.3, 0.4) is 0 Å². The Labute approximate surface area is 185 Å². The maximum absolute atomic E-state index is 12.4. The molecule has 3 nitrogen and oxygen atoms in total. The monoisotopic (exact) mass is 430 g/mol. The summed E-state index contributed by atoms with van der Waals surface area (Å²) in [5.41, 5.74) is 5.42. The lowest BCUT2D eigenvalue weighted by Gasteiger charge is -2.03. The maximum Gasteiger partial charge on any atom is 0.264 e. The van der Waals surface area contributed by atoms with Gasteiger partial charge in [0.05, 0.1) is 10.6 Å². The summed E-state index contributed by atoms with van der Waals surface area (Å²) < 4.78 is 0. The first kappa shape index (κ1) is 20.5. The van der Waals surface area contributed by atoms with Crippen molar-refractivity contribution in [2.24, 2.45) is 4.99 Å². The number of carbonyl (C=O) groups is 1. The van der Waals surface area contributed by atoms with E-state index in [4.69, 9.17) is 0 Å². The van der Waals surface area contributed by atoms with Crippen LogP contribution in [0.1, 0.15) is 22.3 Å². The van der Waals surface area contributed by atoms with Gasteiger partial charge in [-0.05, 0) is 91.7 Å². The minimum atomic E-state index is -0.110. The Bertz CT molecular complexity index is 1130. The third-order valence-electron chi connectivity index (χ3n) is 4.52. The molecule has 0 saturated carbocycles. The van der Waals surface area contributed by atoms with E-state index in [1.165, 1.54) is 27.1 Å². The lowest BCUT2D eigenvalue weighted by molar-refractivity contribution is -0.115. The molecule has 3 aromatic rings. The van der Waals surface area contributed by atoms with Gasteiger partial charge in [0, 0.05) is 9.79 Å². The van der Waals surface area contributed by atoms with Crippen molar-refractivity contribution < 1.29 is 4.79 Å². The highest BCUT2D eigenvalue weighted by atomic mass is 32.2. The van der Waals surface area contributed by atoms with Gasteiger partial charge < -0.3 is 5.32 Å². The number of aliphatic imine (C=N–C) groups is 1. The molecule has 1 saturated heterocycles. The third kappa shape index (κ3) is 5.23. The molecule has 1 amide bonds. The average molecular weight is 431 g/mol. The zero-order chi connectivity index (χ0) is 21.1. The van der Waals surface area contributed by atoms with Crippen molar-refractivity contribution in [3.8, 4) is 0 Å². The summed E-state index contributed by atoms with van der Waals surface area (Å²) in [6.45, 7) is 6.18. The molecule has 0 unspecified atom stereocenters. The smallest absolute Gasteiger partial charge is 0.264 e. The van der Waals surface area contributed by atoms with E-state index in [0.29, 0.717) is 10.1 Å². The molecule has 5 heteroatoms. The van der Waals surface area contributed by atoms with E-state index in [-0.39, 0.29) is 5.91 Å². The lowest BCUT2D eigenvalue weighted by Crippen LogP contribution is -2.19. The molecule has 1 fully saturated rings. The quantitative estimate of drug-likeness (QED) is 0.471. The molecule has 0 aromatic heterocycles. The van der Waals surface area contributed by atoms with E-state index in [1.54, 1.807) is 11.8 Å². The van der Waals surface area contributed by atoms with Crippen LogP contribution >= 0.6 is 23.5 Å². The molecule has 1 N–H and O–H groups in total. The minimum absolute atomic E-state index is 0.110. The van der Waals surface area contributed by atoms with E-state index < -0.39 is 0 Å². The second kappa shape index (κ2) is 8.94. The molecule has 150 valence electrons. The van der Waals surface area contributed by atoms with E-state index >= 15 is 0 Å². The number of benzene rings is 3. The zero-order valence-electron chi connectivity index (χ0n) is 17.1. The molecular weight excluding hydrogens is 408 g/mol. The standard InChI is InChI=1S/C25H22N2OS2/c1-16-4-8-21(9-5-16)29-22-10-6-19(7-11-22)15-23-24(28)27-25(30-23)26-20-13-17(2)12-18(3)14-20/h4-15H,1-3H3,(H,26,27,28)/b23-15-. The fourth-order valence-corrected chi connectivity index (χ4v) is 4.80. The first-order chi connectivity index (χ1) is 14.4. The van der Waals surface area contributed by atoms with Gasteiger partial charge >= 0.3 is 0 Å². The van der Waals surface area contributed by atoms with Crippen molar-refractivity contribution in [2.45, 2.75) is 30.6 Å². The summed E-state index contributed by atoms with van der Waals surface area (Å²) in [5.74, 6) is -0.110. The number of thioether (sulfide) groups is 1. The van der Waals surface area contributed by atoms with Gasteiger partial charge in [-0.1, -0.05) is 47.7 Å². The first-order valence-corrected chi connectivity index (χ1v) is 11.3.